The van der Waals surface area contributed by atoms with Crippen molar-refractivity contribution in [2.75, 3.05) is 5.32 Å². The van der Waals surface area contributed by atoms with Crippen molar-refractivity contribution in [1.29, 1.82) is 0 Å². The lowest BCUT2D eigenvalue weighted by atomic mass is 10.1. The van der Waals surface area contributed by atoms with Crippen LogP contribution in [0.3, 0.4) is 0 Å². The Hall–Kier alpha value is -3.76. The van der Waals surface area contributed by atoms with Crippen LogP contribution in [0.4, 0.5) is 5.13 Å². The smallest absolute Gasteiger partial charge is 0.258 e. The normalized spacial score (nSPS) is 11.0. The molecule has 3 heterocycles. The SMILES string of the molecule is Cc1noc(CSc2ccccc2C(=O)Nc2nc(-c3ccccc3)c(-c3nccn3C)s2)n1. The first-order valence-corrected chi connectivity index (χ1v) is 12.2. The Balaban J connectivity index is 1.42. The van der Waals surface area contributed by atoms with E-state index in [0.29, 0.717) is 28.2 Å². The van der Waals surface area contributed by atoms with Crippen LogP contribution in [0.2, 0.25) is 0 Å². The molecular weight excluding hydrogens is 468 g/mol. The van der Waals surface area contributed by atoms with E-state index in [-0.39, 0.29) is 5.91 Å². The maximum atomic E-state index is 13.2. The van der Waals surface area contributed by atoms with E-state index in [2.05, 4.69) is 20.4 Å². The Morgan fingerprint density at radius 3 is 2.65 bits per heavy atom. The lowest BCUT2D eigenvalue weighted by Crippen LogP contribution is -2.12. The molecule has 0 saturated heterocycles. The molecule has 1 amide bonds. The van der Waals surface area contributed by atoms with Crippen molar-refractivity contribution >= 4 is 34.1 Å². The second-order valence-electron chi connectivity index (χ2n) is 7.40. The van der Waals surface area contributed by atoms with Crippen LogP contribution in [0.5, 0.6) is 0 Å². The molecule has 1 N–H and O–H groups in total. The summed E-state index contributed by atoms with van der Waals surface area (Å²) in [4.78, 5) is 28.4. The predicted molar refractivity (Wildman–Crippen MR) is 133 cm³/mol. The second kappa shape index (κ2) is 9.62. The lowest BCUT2D eigenvalue weighted by molar-refractivity contribution is 0.102. The van der Waals surface area contributed by atoms with Crippen molar-refractivity contribution in [2.24, 2.45) is 7.05 Å². The van der Waals surface area contributed by atoms with E-state index in [1.54, 1.807) is 19.2 Å². The first-order chi connectivity index (χ1) is 16.6. The van der Waals surface area contributed by atoms with Gasteiger partial charge in [-0.2, -0.15) is 4.98 Å². The number of rotatable bonds is 7. The molecule has 0 aliphatic carbocycles. The highest BCUT2D eigenvalue weighted by Crippen LogP contribution is 2.38. The minimum absolute atomic E-state index is 0.232. The second-order valence-corrected chi connectivity index (χ2v) is 9.42. The fourth-order valence-corrected chi connectivity index (χ4v) is 5.29. The number of aryl methyl sites for hydroxylation is 2. The molecule has 0 bridgehead atoms. The van der Waals surface area contributed by atoms with Crippen molar-refractivity contribution in [2.45, 2.75) is 17.6 Å². The molecule has 2 aromatic carbocycles. The van der Waals surface area contributed by atoms with E-state index >= 15 is 0 Å². The summed E-state index contributed by atoms with van der Waals surface area (Å²) in [6.07, 6.45) is 3.64. The summed E-state index contributed by atoms with van der Waals surface area (Å²) in [5, 5.41) is 7.30. The lowest BCUT2D eigenvalue weighted by Gasteiger charge is -2.07. The van der Waals surface area contributed by atoms with Gasteiger partial charge in [0.25, 0.3) is 5.91 Å². The van der Waals surface area contributed by atoms with Gasteiger partial charge < -0.3 is 9.09 Å². The fourth-order valence-electron chi connectivity index (χ4n) is 3.38. The first-order valence-electron chi connectivity index (χ1n) is 10.4. The van der Waals surface area contributed by atoms with Gasteiger partial charge in [-0.3, -0.25) is 10.1 Å². The van der Waals surface area contributed by atoms with E-state index in [1.807, 2.05) is 66.3 Å². The highest BCUT2D eigenvalue weighted by molar-refractivity contribution is 7.98. The number of benzene rings is 2. The molecule has 0 spiro atoms. The van der Waals surface area contributed by atoms with Gasteiger partial charge in [0.1, 0.15) is 0 Å². The summed E-state index contributed by atoms with van der Waals surface area (Å²) < 4.78 is 7.13. The Morgan fingerprint density at radius 2 is 1.91 bits per heavy atom. The third-order valence-corrected chi connectivity index (χ3v) is 7.00. The molecule has 0 atom stereocenters. The number of aromatic nitrogens is 5. The van der Waals surface area contributed by atoms with Gasteiger partial charge in [-0.15, -0.1) is 11.8 Å². The zero-order valence-corrected chi connectivity index (χ0v) is 20.1. The number of imidazole rings is 1. The van der Waals surface area contributed by atoms with Gasteiger partial charge in [0.05, 0.1) is 21.9 Å². The van der Waals surface area contributed by atoms with Gasteiger partial charge in [-0.1, -0.05) is 59.0 Å². The van der Waals surface area contributed by atoms with Gasteiger partial charge in [0.2, 0.25) is 5.89 Å². The van der Waals surface area contributed by atoms with E-state index in [9.17, 15) is 4.79 Å². The Morgan fingerprint density at radius 1 is 1.12 bits per heavy atom. The number of hydrogen-bond acceptors (Lipinski definition) is 8. The summed E-state index contributed by atoms with van der Waals surface area (Å²) in [5.41, 5.74) is 2.30. The van der Waals surface area contributed by atoms with E-state index in [1.165, 1.54) is 23.1 Å². The molecule has 0 aliphatic rings. The average molecular weight is 489 g/mol. The Labute approximate surface area is 204 Å². The van der Waals surface area contributed by atoms with Crippen molar-refractivity contribution < 1.29 is 9.32 Å². The monoisotopic (exact) mass is 488 g/mol. The van der Waals surface area contributed by atoms with Gasteiger partial charge >= 0.3 is 0 Å². The van der Waals surface area contributed by atoms with Gasteiger partial charge in [-0.25, -0.2) is 9.97 Å². The van der Waals surface area contributed by atoms with Crippen molar-refractivity contribution in [3.8, 4) is 22.0 Å². The van der Waals surface area contributed by atoms with Crippen LogP contribution < -0.4 is 5.32 Å². The maximum absolute atomic E-state index is 13.2. The number of nitrogens with zero attached hydrogens (tertiary/aromatic N) is 5. The largest absolute Gasteiger partial charge is 0.338 e. The molecule has 0 saturated carbocycles. The van der Waals surface area contributed by atoms with Gasteiger partial charge in [0, 0.05) is 29.9 Å². The number of thioether (sulfide) groups is 1. The van der Waals surface area contributed by atoms with Crippen molar-refractivity contribution in [3.63, 3.8) is 0 Å². The number of anilines is 1. The topological polar surface area (TPSA) is 98.7 Å². The molecule has 34 heavy (non-hydrogen) atoms. The third kappa shape index (κ3) is 4.63. The minimum atomic E-state index is -0.232. The Bertz CT molecular complexity index is 1440. The number of hydrogen-bond donors (Lipinski definition) is 1. The van der Waals surface area contributed by atoms with E-state index in [0.717, 1.165) is 26.9 Å². The molecule has 3 aromatic heterocycles. The molecule has 0 radical (unpaired) electrons. The zero-order valence-electron chi connectivity index (χ0n) is 18.4. The van der Waals surface area contributed by atoms with E-state index < -0.39 is 0 Å². The third-order valence-electron chi connectivity index (χ3n) is 4.97. The summed E-state index contributed by atoms with van der Waals surface area (Å²) >= 11 is 2.87. The minimum Gasteiger partial charge on any atom is -0.338 e. The van der Waals surface area contributed by atoms with Crippen LogP contribution in [0.25, 0.3) is 22.0 Å². The molecule has 0 unspecified atom stereocenters. The van der Waals surface area contributed by atoms with Gasteiger partial charge in [0.15, 0.2) is 16.8 Å². The van der Waals surface area contributed by atoms with E-state index in [4.69, 9.17) is 9.51 Å². The zero-order chi connectivity index (χ0) is 23.5. The molecule has 5 rings (SSSR count). The molecule has 5 aromatic rings. The predicted octanol–water partition coefficient (Wildman–Crippen LogP) is 5.45. The molecule has 170 valence electrons. The summed E-state index contributed by atoms with van der Waals surface area (Å²) in [5.74, 6) is 2.14. The average Bonchev–Trinajstić information content (AvgIpc) is 3.58. The van der Waals surface area contributed by atoms with Crippen LogP contribution in [0.1, 0.15) is 22.1 Å². The van der Waals surface area contributed by atoms with Crippen LogP contribution in [-0.4, -0.2) is 30.6 Å². The van der Waals surface area contributed by atoms with Crippen molar-refractivity contribution in [1.82, 2.24) is 24.7 Å². The number of nitrogens with one attached hydrogen (secondary N) is 1. The summed E-state index contributed by atoms with van der Waals surface area (Å²) in [6.45, 7) is 1.77. The highest BCUT2D eigenvalue weighted by Gasteiger charge is 2.20. The number of carbonyl (C=O) groups is 1. The molecular formula is C24H20N6O2S2. The Kier molecular flexibility index (Phi) is 6.24. The molecule has 0 fully saturated rings. The summed E-state index contributed by atoms with van der Waals surface area (Å²) in [7, 11) is 1.94. The number of thiazole rings is 1. The number of amides is 1. The fraction of sp³-hybridized carbons (Fsp3) is 0.125. The van der Waals surface area contributed by atoms with Crippen LogP contribution in [0, 0.1) is 6.92 Å². The van der Waals surface area contributed by atoms with Crippen LogP contribution in [0.15, 0.2) is 76.4 Å². The van der Waals surface area contributed by atoms with Crippen LogP contribution >= 0.6 is 23.1 Å². The summed E-state index contributed by atoms with van der Waals surface area (Å²) in [6, 6.07) is 17.3. The highest BCUT2D eigenvalue weighted by atomic mass is 32.2. The quantitative estimate of drug-likeness (QED) is 0.304. The van der Waals surface area contributed by atoms with Crippen LogP contribution in [-0.2, 0) is 12.8 Å². The number of carbonyl (C=O) groups excluding carboxylic acids is 1. The van der Waals surface area contributed by atoms with Crippen molar-refractivity contribution in [3.05, 3.63) is 84.3 Å². The molecule has 0 aliphatic heterocycles. The molecule has 10 heteroatoms. The maximum Gasteiger partial charge on any atom is 0.258 e. The standard InChI is InChI=1S/C24H20N6O2S2/c1-15-26-19(32-29-15)14-33-18-11-7-6-10-17(18)23(31)28-24-27-20(16-8-4-3-5-9-16)21(34-24)22-25-12-13-30(22)2/h3-13H,14H2,1-2H3,(H,27,28,31). The first kappa shape index (κ1) is 22.1. The van der Waals surface area contributed by atoms with Gasteiger partial charge in [-0.05, 0) is 19.1 Å². The molecule has 8 nitrogen and oxygen atoms in total.